The number of fused-ring (bicyclic) bond motifs is 1. The molecule has 0 radical (unpaired) electrons. The van der Waals surface area contributed by atoms with E-state index < -0.39 is 0 Å². The molecule has 110 valence electrons. The molecule has 0 aliphatic heterocycles. The van der Waals surface area contributed by atoms with E-state index >= 15 is 0 Å². The summed E-state index contributed by atoms with van der Waals surface area (Å²) in [6, 6.07) is 9.64. The van der Waals surface area contributed by atoms with Crippen molar-refractivity contribution in [1.82, 2.24) is 0 Å². The van der Waals surface area contributed by atoms with Gasteiger partial charge in [0.15, 0.2) is 0 Å². The van der Waals surface area contributed by atoms with Gasteiger partial charge in [-0.2, -0.15) is 0 Å². The number of nitrogens with one attached hydrogen (secondary N) is 1. The number of halogens is 2. The Labute approximate surface area is 138 Å². The van der Waals surface area contributed by atoms with Crippen LogP contribution in [-0.4, -0.2) is 5.11 Å². The Kier molecular flexibility index (Phi) is 3.89. The van der Waals surface area contributed by atoms with Gasteiger partial charge in [-0.05, 0) is 64.5 Å². The minimum atomic E-state index is 0.102. The maximum absolute atomic E-state index is 10.3. The van der Waals surface area contributed by atoms with Gasteiger partial charge in [-0.25, -0.2) is 0 Å². The molecule has 0 saturated heterocycles. The second-order valence-electron chi connectivity index (χ2n) is 5.66. The van der Waals surface area contributed by atoms with E-state index in [2.05, 4.69) is 35.1 Å². The van der Waals surface area contributed by atoms with Crippen molar-refractivity contribution in [2.75, 3.05) is 5.32 Å². The normalized spacial score (nSPS) is 20.4. The van der Waals surface area contributed by atoms with E-state index in [1.807, 2.05) is 24.3 Å². The number of rotatable bonds is 2. The van der Waals surface area contributed by atoms with Crippen LogP contribution in [0.25, 0.3) is 0 Å². The van der Waals surface area contributed by atoms with Gasteiger partial charge in [0.25, 0.3) is 0 Å². The molecular weight excluding hydrogens is 350 g/mol. The number of aryl methyl sites for hydroxylation is 1. The van der Waals surface area contributed by atoms with Gasteiger partial charge in [-0.15, -0.1) is 0 Å². The van der Waals surface area contributed by atoms with Crippen LogP contribution in [-0.2, 0) is 0 Å². The monoisotopic (exact) mass is 365 g/mol. The van der Waals surface area contributed by atoms with E-state index in [1.54, 1.807) is 6.07 Å². The number of phenols is 1. The van der Waals surface area contributed by atoms with E-state index in [0.29, 0.717) is 16.7 Å². The molecule has 0 fully saturated rings. The van der Waals surface area contributed by atoms with Crippen LogP contribution < -0.4 is 5.32 Å². The lowest BCUT2D eigenvalue weighted by molar-refractivity contribution is 0.465. The molecule has 1 aliphatic rings. The highest BCUT2D eigenvalue weighted by molar-refractivity contribution is 9.10. The van der Waals surface area contributed by atoms with Crippen LogP contribution in [0.2, 0.25) is 5.02 Å². The molecule has 2 unspecified atom stereocenters. The summed E-state index contributed by atoms with van der Waals surface area (Å²) in [5, 5.41) is 14.5. The molecule has 0 spiro atoms. The number of anilines is 1. The molecule has 2 N–H and O–H groups in total. The summed E-state index contributed by atoms with van der Waals surface area (Å²) < 4.78 is 0.861. The molecule has 0 amide bonds. The van der Waals surface area contributed by atoms with Gasteiger partial charge in [0, 0.05) is 5.56 Å². The fourth-order valence-electron chi connectivity index (χ4n) is 3.28. The van der Waals surface area contributed by atoms with E-state index in [0.717, 1.165) is 22.1 Å². The standard InChI is InChI=1S/C17H17BrClNO/c1-9-6-7-14(21)16-13(8-10(2)15(9)16)20-12-5-3-4-11(19)17(12)18/h3-7,10,13,20-21H,8H2,1-2H3. The van der Waals surface area contributed by atoms with Crippen molar-refractivity contribution in [2.45, 2.75) is 32.2 Å². The first-order valence-electron chi connectivity index (χ1n) is 7.02. The van der Waals surface area contributed by atoms with Gasteiger partial charge in [0.1, 0.15) is 5.75 Å². The van der Waals surface area contributed by atoms with Crippen molar-refractivity contribution >= 4 is 33.2 Å². The predicted octanol–water partition coefficient (Wildman–Crippen LogP) is 5.78. The lowest BCUT2D eigenvalue weighted by Crippen LogP contribution is -2.08. The Morgan fingerprint density at radius 1 is 1.24 bits per heavy atom. The van der Waals surface area contributed by atoms with Crippen LogP contribution in [0.4, 0.5) is 5.69 Å². The van der Waals surface area contributed by atoms with Crippen molar-refractivity contribution in [3.05, 3.63) is 56.5 Å². The van der Waals surface area contributed by atoms with E-state index in [1.165, 1.54) is 11.1 Å². The number of phenolic OH excluding ortho intramolecular Hbond substituents is 1. The van der Waals surface area contributed by atoms with Gasteiger partial charge in [-0.3, -0.25) is 0 Å². The van der Waals surface area contributed by atoms with Gasteiger partial charge >= 0.3 is 0 Å². The fourth-order valence-corrected chi connectivity index (χ4v) is 3.83. The first-order chi connectivity index (χ1) is 9.99. The maximum Gasteiger partial charge on any atom is 0.121 e. The summed E-state index contributed by atoms with van der Waals surface area (Å²) in [6.07, 6.45) is 0.965. The molecule has 3 rings (SSSR count). The summed E-state index contributed by atoms with van der Waals surface area (Å²) >= 11 is 9.67. The van der Waals surface area contributed by atoms with Crippen LogP contribution in [0.1, 0.15) is 42.0 Å². The number of benzene rings is 2. The largest absolute Gasteiger partial charge is 0.508 e. The third kappa shape index (κ3) is 2.53. The van der Waals surface area contributed by atoms with E-state index in [9.17, 15) is 5.11 Å². The molecule has 4 heteroatoms. The molecule has 2 aromatic rings. The molecule has 1 aliphatic carbocycles. The van der Waals surface area contributed by atoms with Crippen LogP contribution >= 0.6 is 27.5 Å². The van der Waals surface area contributed by atoms with Crippen molar-refractivity contribution in [2.24, 2.45) is 0 Å². The minimum absolute atomic E-state index is 0.102. The van der Waals surface area contributed by atoms with Gasteiger partial charge in [0.05, 0.1) is 21.2 Å². The highest BCUT2D eigenvalue weighted by Crippen LogP contribution is 2.48. The van der Waals surface area contributed by atoms with E-state index in [-0.39, 0.29) is 6.04 Å². The predicted molar refractivity (Wildman–Crippen MR) is 91.4 cm³/mol. The minimum Gasteiger partial charge on any atom is -0.508 e. The zero-order valence-electron chi connectivity index (χ0n) is 12.0. The summed E-state index contributed by atoms with van der Waals surface area (Å²) in [7, 11) is 0. The van der Waals surface area contributed by atoms with Crippen molar-refractivity contribution in [1.29, 1.82) is 0 Å². The first kappa shape index (κ1) is 14.7. The lowest BCUT2D eigenvalue weighted by Gasteiger charge is -2.18. The highest BCUT2D eigenvalue weighted by atomic mass is 79.9. The second kappa shape index (κ2) is 5.54. The van der Waals surface area contributed by atoms with E-state index in [4.69, 9.17) is 11.6 Å². The molecule has 2 atom stereocenters. The summed E-state index contributed by atoms with van der Waals surface area (Å²) in [5.41, 5.74) is 4.48. The quantitative estimate of drug-likeness (QED) is 0.706. The Morgan fingerprint density at radius 2 is 2.00 bits per heavy atom. The Balaban J connectivity index is 2.00. The third-order valence-electron chi connectivity index (χ3n) is 4.19. The lowest BCUT2D eigenvalue weighted by atomic mass is 9.97. The van der Waals surface area contributed by atoms with Gasteiger partial charge in [0.2, 0.25) is 0 Å². The van der Waals surface area contributed by atoms with Crippen LogP contribution in [0.5, 0.6) is 5.75 Å². The Bertz CT molecular complexity index is 701. The average molecular weight is 367 g/mol. The van der Waals surface area contributed by atoms with Gasteiger partial charge < -0.3 is 10.4 Å². The Hall–Kier alpha value is -1.19. The third-order valence-corrected chi connectivity index (χ3v) is 5.59. The maximum atomic E-state index is 10.3. The van der Waals surface area contributed by atoms with Crippen LogP contribution in [0.15, 0.2) is 34.8 Å². The summed E-state index contributed by atoms with van der Waals surface area (Å²) in [6.45, 7) is 4.31. The molecular formula is C17H17BrClNO. The molecule has 0 aromatic heterocycles. The summed E-state index contributed by atoms with van der Waals surface area (Å²) in [5.74, 6) is 0.804. The average Bonchev–Trinajstić information content (AvgIpc) is 2.77. The Morgan fingerprint density at radius 3 is 2.76 bits per heavy atom. The summed E-state index contributed by atoms with van der Waals surface area (Å²) in [4.78, 5) is 0. The van der Waals surface area contributed by atoms with Crippen molar-refractivity contribution in [3.8, 4) is 5.75 Å². The fraction of sp³-hybridized carbons (Fsp3) is 0.294. The van der Waals surface area contributed by atoms with Crippen LogP contribution in [0.3, 0.4) is 0 Å². The molecule has 0 heterocycles. The second-order valence-corrected chi connectivity index (χ2v) is 6.86. The van der Waals surface area contributed by atoms with Crippen molar-refractivity contribution in [3.63, 3.8) is 0 Å². The SMILES string of the molecule is Cc1ccc(O)c2c1C(C)CC2Nc1cccc(Cl)c1Br. The molecule has 0 saturated carbocycles. The molecule has 2 aromatic carbocycles. The zero-order valence-corrected chi connectivity index (χ0v) is 14.3. The molecule has 21 heavy (non-hydrogen) atoms. The highest BCUT2D eigenvalue weighted by Gasteiger charge is 2.32. The smallest absolute Gasteiger partial charge is 0.121 e. The van der Waals surface area contributed by atoms with Crippen LogP contribution in [0, 0.1) is 6.92 Å². The topological polar surface area (TPSA) is 32.3 Å². The van der Waals surface area contributed by atoms with Gasteiger partial charge in [-0.1, -0.05) is 30.7 Å². The number of aromatic hydroxyl groups is 1. The zero-order chi connectivity index (χ0) is 15.1. The van der Waals surface area contributed by atoms with Crippen molar-refractivity contribution < 1.29 is 5.11 Å². The molecule has 2 nitrogen and oxygen atoms in total. The number of hydrogen-bond acceptors (Lipinski definition) is 2. The first-order valence-corrected chi connectivity index (χ1v) is 8.19. The molecule has 0 bridgehead atoms. The number of hydrogen-bond donors (Lipinski definition) is 2.